The first-order valence-corrected chi connectivity index (χ1v) is 6.18. The van der Waals surface area contributed by atoms with Crippen LogP contribution in [0.25, 0.3) is 0 Å². The summed E-state index contributed by atoms with van der Waals surface area (Å²) >= 11 is 0. The van der Waals surface area contributed by atoms with Gasteiger partial charge in [-0.1, -0.05) is 12.1 Å². The number of rotatable bonds is 7. The molecule has 0 aromatic heterocycles. The molecule has 1 aromatic rings. The van der Waals surface area contributed by atoms with Crippen molar-refractivity contribution in [3.8, 4) is 0 Å². The first-order chi connectivity index (χ1) is 9.51. The fraction of sp³-hybridized carbons (Fsp3) is 0.357. The highest BCUT2D eigenvalue weighted by Crippen LogP contribution is 2.11. The molecule has 20 heavy (non-hydrogen) atoms. The molecule has 6 nitrogen and oxygen atoms in total. The Hall–Kier alpha value is -2.37. The molecule has 108 valence electrons. The number of anilines is 1. The molecule has 0 spiro atoms. The van der Waals surface area contributed by atoms with Crippen LogP contribution in [-0.4, -0.2) is 30.1 Å². The largest absolute Gasteiger partial charge is 0.481 e. The number of amides is 1. The van der Waals surface area contributed by atoms with E-state index >= 15 is 0 Å². The first-order valence-electron chi connectivity index (χ1n) is 6.18. The van der Waals surface area contributed by atoms with Gasteiger partial charge in [-0.2, -0.15) is 0 Å². The van der Waals surface area contributed by atoms with E-state index < -0.39 is 5.97 Å². The molecule has 0 saturated heterocycles. The van der Waals surface area contributed by atoms with Crippen molar-refractivity contribution in [1.29, 1.82) is 0 Å². The summed E-state index contributed by atoms with van der Waals surface area (Å²) in [5, 5.41) is 11.3. The highest BCUT2D eigenvalue weighted by molar-refractivity contribution is 5.90. The van der Waals surface area contributed by atoms with E-state index in [9.17, 15) is 14.4 Å². The fourth-order valence-electron chi connectivity index (χ4n) is 1.60. The summed E-state index contributed by atoms with van der Waals surface area (Å²) in [7, 11) is 1.31. The van der Waals surface area contributed by atoms with Gasteiger partial charge in [-0.15, -0.1) is 0 Å². The van der Waals surface area contributed by atoms with Crippen LogP contribution in [0.1, 0.15) is 24.8 Å². The normalized spacial score (nSPS) is 9.85. The third-order valence-corrected chi connectivity index (χ3v) is 2.61. The van der Waals surface area contributed by atoms with Gasteiger partial charge < -0.3 is 15.2 Å². The molecule has 2 N–H and O–H groups in total. The number of carboxylic acid groups (broad SMARTS) is 1. The van der Waals surface area contributed by atoms with Crippen molar-refractivity contribution in [3.05, 3.63) is 29.8 Å². The van der Waals surface area contributed by atoms with Gasteiger partial charge in [-0.05, 0) is 24.1 Å². The molecular weight excluding hydrogens is 262 g/mol. The lowest BCUT2D eigenvalue weighted by molar-refractivity contribution is -0.140. The summed E-state index contributed by atoms with van der Waals surface area (Å²) in [6.07, 6.45) is 0.816. The van der Waals surface area contributed by atoms with Crippen LogP contribution in [0.15, 0.2) is 24.3 Å². The lowest BCUT2D eigenvalue weighted by atomic mass is 10.1. The van der Waals surface area contributed by atoms with Crippen molar-refractivity contribution >= 4 is 23.5 Å². The maximum Gasteiger partial charge on any atom is 0.307 e. The van der Waals surface area contributed by atoms with Crippen LogP contribution < -0.4 is 5.32 Å². The summed E-state index contributed by atoms with van der Waals surface area (Å²) in [6.45, 7) is 0. The van der Waals surface area contributed by atoms with Crippen LogP contribution in [0, 0.1) is 0 Å². The van der Waals surface area contributed by atoms with Gasteiger partial charge in [0.25, 0.3) is 0 Å². The number of hydrogen-bond donors (Lipinski definition) is 2. The number of esters is 1. The van der Waals surface area contributed by atoms with Crippen molar-refractivity contribution < 1.29 is 24.2 Å². The Morgan fingerprint density at radius 2 is 1.80 bits per heavy atom. The van der Waals surface area contributed by atoms with Crippen molar-refractivity contribution in [2.75, 3.05) is 12.4 Å². The molecule has 0 fully saturated rings. The van der Waals surface area contributed by atoms with E-state index in [-0.39, 0.29) is 31.1 Å². The molecule has 0 radical (unpaired) electrons. The molecule has 0 heterocycles. The smallest absolute Gasteiger partial charge is 0.307 e. The average molecular weight is 279 g/mol. The zero-order chi connectivity index (χ0) is 15.0. The summed E-state index contributed by atoms with van der Waals surface area (Å²) in [5.74, 6) is -1.43. The van der Waals surface area contributed by atoms with E-state index in [1.54, 1.807) is 24.3 Å². The molecule has 0 aliphatic rings. The van der Waals surface area contributed by atoms with Crippen molar-refractivity contribution in [1.82, 2.24) is 0 Å². The van der Waals surface area contributed by atoms with Gasteiger partial charge in [0.15, 0.2) is 0 Å². The van der Waals surface area contributed by atoms with E-state index in [1.165, 1.54) is 7.11 Å². The number of ether oxygens (including phenoxy) is 1. The zero-order valence-corrected chi connectivity index (χ0v) is 11.2. The molecule has 0 aliphatic carbocycles. The minimum absolute atomic E-state index is 0.0483. The van der Waals surface area contributed by atoms with Crippen molar-refractivity contribution in [2.24, 2.45) is 0 Å². The molecule has 0 bridgehead atoms. The molecule has 0 unspecified atom stereocenters. The van der Waals surface area contributed by atoms with Crippen LogP contribution in [0.4, 0.5) is 5.69 Å². The van der Waals surface area contributed by atoms with Crippen LogP contribution in [0.2, 0.25) is 0 Å². The third-order valence-electron chi connectivity index (χ3n) is 2.61. The minimum Gasteiger partial charge on any atom is -0.481 e. The predicted octanol–water partition coefficient (Wildman–Crippen LogP) is 1.60. The molecule has 0 saturated carbocycles. The summed E-state index contributed by atoms with van der Waals surface area (Å²) in [6, 6.07) is 6.60. The highest BCUT2D eigenvalue weighted by Gasteiger charge is 2.06. The molecule has 1 amide bonds. The van der Waals surface area contributed by atoms with E-state index in [1.807, 2.05) is 0 Å². The van der Waals surface area contributed by atoms with E-state index in [2.05, 4.69) is 10.1 Å². The average Bonchev–Trinajstić information content (AvgIpc) is 2.40. The van der Waals surface area contributed by atoms with Crippen LogP contribution in [0.3, 0.4) is 0 Å². The summed E-state index contributed by atoms with van der Waals surface area (Å²) < 4.78 is 4.48. The number of nitrogens with one attached hydrogen (secondary N) is 1. The van der Waals surface area contributed by atoms with Crippen LogP contribution in [-0.2, 0) is 25.5 Å². The Morgan fingerprint density at radius 3 is 2.35 bits per heavy atom. The van der Waals surface area contributed by atoms with E-state index in [4.69, 9.17) is 5.11 Å². The summed E-state index contributed by atoms with van der Waals surface area (Å²) in [4.78, 5) is 33.0. The van der Waals surface area contributed by atoms with Gasteiger partial charge in [0.2, 0.25) is 5.91 Å². The second-order valence-corrected chi connectivity index (χ2v) is 4.25. The van der Waals surface area contributed by atoms with Gasteiger partial charge >= 0.3 is 11.9 Å². The van der Waals surface area contributed by atoms with Crippen LogP contribution in [0.5, 0.6) is 0 Å². The number of carbonyl (C=O) groups is 3. The molecule has 6 heteroatoms. The Balaban J connectivity index is 2.38. The van der Waals surface area contributed by atoms with Gasteiger partial charge in [0.1, 0.15) is 0 Å². The number of carboxylic acids is 1. The van der Waals surface area contributed by atoms with Crippen molar-refractivity contribution in [3.63, 3.8) is 0 Å². The molecule has 0 aliphatic heterocycles. The van der Waals surface area contributed by atoms with Crippen LogP contribution >= 0.6 is 0 Å². The topological polar surface area (TPSA) is 92.7 Å². The van der Waals surface area contributed by atoms with E-state index in [0.29, 0.717) is 17.7 Å². The van der Waals surface area contributed by atoms with E-state index in [0.717, 1.165) is 0 Å². The first kappa shape index (κ1) is 15.7. The maximum atomic E-state index is 11.6. The zero-order valence-electron chi connectivity index (χ0n) is 11.2. The third kappa shape index (κ3) is 5.99. The second kappa shape index (κ2) is 7.93. The standard InChI is InChI=1S/C14H17NO5/c1-20-14(19)4-2-3-12(16)15-11-7-5-10(6-8-11)9-13(17)18/h5-8H,2-4,9H2,1H3,(H,15,16)(H,17,18). The number of carbonyl (C=O) groups excluding carboxylic acids is 2. The molecule has 1 rings (SSSR count). The Labute approximate surface area is 116 Å². The maximum absolute atomic E-state index is 11.6. The Kier molecular flexibility index (Phi) is 6.22. The molecule has 1 aromatic carbocycles. The fourth-order valence-corrected chi connectivity index (χ4v) is 1.60. The van der Waals surface area contributed by atoms with Gasteiger partial charge in [-0.3, -0.25) is 14.4 Å². The number of methoxy groups -OCH3 is 1. The SMILES string of the molecule is COC(=O)CCCC(=O)Nc1ccc(CC(=O)O)cc1. The van der Waals surface area contributed by atoms with Gasteiger partial charge in [0.05, 0.1) is 13.5 Å². The number of benzene rings is 1. The van der Waals surface area contributed by atoms with Crippen molar-refractivity contribution in [2.45, 2.75) is 25.7 Å². The quantitative estimate of drug-likeness (QED) is 0.739. The van der Waals surface area contributed by atoms with Gasteiger partial charge in [0, 0.05) is 18.5 Å². The number of hydrogen-bond acceptors (Lipinski definition) is 4. The lowest BCUT2D eigenvalue weighted by Crippen LogP contribution is -2.12. The van der Waals surface area contributed by atoms with Gasteiger partial charge in [-0.25, -0.2) is 0 Å². The Bertz CT molecular complexity index is 481. The monoisotopic (exact) mass is 279 g/mol. The lowest BCUT2D eigenvalue weighted by Gasteiger charge is -2.05. The molecule has 0 atom stereocenters. The summed E-state index contributed by atoms with van der Waals surface area (Å²) in [5.41, 5.74) is 1.27. The highest BCUT2D eigenvalue weighted by atomic mass is 16.5. The molecular formula is C14H17NO5. The predicted molar refractivity (Wildman–Crippen MR) is 72.3 cm³/mol. The minimum atomic E-state index is -0.899. The number of aliphatic carboxylic acids is 1. The Morgan fingerprint density at radius 1 is 1.15 bits per heavy atom. The second-order valence-electron chi connectivity index (χ2n) is 4.25.